The molecule has 0 amide bonds. The Kier molecular flexibility index (Phi) is 4.44. The van der Waals surface area contributed by atoms with Crippen LogP contribution in [0.25, 0.3) is 21.1 Å². The summed E-state index contributed by atoms with van der Waals surface area (Å²) in [5, 5.41) is 0.436. The molecule has 0 aliphatic rings. The molecule has 26 heavy (non-hydrogen) atoms. The molecule has 2 aromatic carbocycles. The molecule has 0 fully saturated rings. The summed E-state index contributed by atoms with van der Waals surface area (Å²) in [5.41, 5.74) is 1.56. The fourth-order valence-electron chi connectivity index (χ4n) is 2.54. The number of carbonyl (C=O) groups is 1. The summed E-state index contributed by atoms with van der Waals surface area (Å²) in [6.45, 7) is 0. The minimum Gasteiger partial charge on any atom is -0.465 e. The number of rotatable bonds is 4. The number of thioether (sulfide) groups is 1. The normalized spacial score (nSPS) is 11.1. The smallest absolute Gasteiger partial charge is 0.337 e. The number of benzene rings is 2. The van der Waals surface area contributed by atoms with Crippen molar-refractivity contribution in [3.05, 3.63) is 64.2 Å². The van der Waals surface area contributed by atoms with Crippen molar-refractivity contribution in [3.8, 4) is 0 Å². The maximum absolute atomic E-state index is 12.3. The van der Waals surface area contributed by atoms with Gasteiger partial charge in [-0.1, -0.05) is 23.9 Å². The number of nitrogens with zero attached hydrogens (tertiary/aromatic N) is 2. The Morgan fingerprint density at radius 1 is 1.19 bits per heavy atom. The lowest BCUT2D eigenvalue weighted by atomic mass is 10.1. The summed E-state index contributed by atoms with van der Waals surface area (Å²) in [6.07, 6.45) is 0. The van der Waals surface area contributed by atoms with Gasteiger partial charge in [-0.15, -0.1) is 11.3 Å². The summed E-state index contributed by atoms with van der Waals surface area (Å²) in [7, 11) is 1.32. The number of ether oxygens (including phenoxy) is 1. The third kappa shape index (κ3) is 3.21. The molecule has 0 saturated heterocycles. The first-order chi connectivity index (χ1) is 12.6. The standard InChI is InChI=1S/C18H13N3O3S2/c1-24-17(23)10-6-7-11-13(8-10)19-15(21-16(11)22)9-25-18-20-12-4-2-3-5-14(12)26-18/h2-8H,9H2,1H3,(H,19,21,22). The fourth-order valence-corrected chi connectivity index (χ4v) is 4.48. The van der Waals surface area contributed by atoms with Crippen LogP contribution in [0.5, 0.6) is 0 Å². The molecule has 0 saturated carbocycles. The van der Waals surface area contributed by atoms with Crippen molar-refractivity contribution in [1.82, 2.24) is 15.0 Å². The number of aromatic nitrogens is 3. The quantitative estimate of drug-likeness (QED) is 0.428. The van der Waals surface area contributed by atoms with Crippen LogP contribution < -0.4 is 5.56 Å². The lowest BCUT2D eigenvalue weighted by Crippen LogP contribution is -2.12. The van der Waals surface area contributed by atoms with E-state index in [1.165, 1.54) is 18.9 Å². The number of esters is 1. The summed E-state index contributed by atoms with van der Waals surface area (Å²) in [5.74, 6) is 0.557. The maximum atomic E-state index is 12.3. The third-order valence-corrected chi connectivity index (χ3v) is 5.97. The molecule has 0 radical (unpaired) electrons. The number of para-hydroxylation sites is 1. The number of H-pyrrole nitrogens is 1. The largest absolute Gasteiger partial charge is 0.465 e. The van der Waals surface area contributed by atoms with E-state index in [2.05, 4.69) is 15.0 Å². The van der Waals surface area contributed by atoms with Crippen LogP contribution >= 0.6 is 23.1 Å². The second kappa shape index (κ2) is 6.89. The number of thiazole rings is 1. The van der Waals surface area contributed by atoms with Crippen molar-refractivity contribution in [1.29, 1.82) is 0 Å². The molecule has 0 atom stereocenters. The predicted octanol–water partition coefficient (Wildman–Crippen LogP) is 3.61. The minimum atomic E-state index is -0.459. The Hall–Kier alpha value is -2.71. The van der Waals surface area contributed by atoms with Gasteiger partial charge in [0.15, 0.2) is 4.34 Å². The number of hydrogen-bond acceptors (Lipinski definition) is 7. The zero-order valence-corrected chi connectivity index (χ0v) is 15.3. The Balaban J connectivity index is 1.63. The molecule has 0 aliphatic carbocycles. The summed E-state index contributed by atoms with van der Waals surface area (Å²) in [4.78, 5) is 35.8. The van der Waals surface area contributed by atoms with E-state index in [9.17, 15) is 9.59 Å². The number of carbonyl (C=O) groups excluding carboxylic acids is 1. The number of methoxy groups -OCH3 is 1. The second-order valence-electron chi connectivity index (χ2n) is 5.47. The Morgan fingerprint density at radius 2 is 2.04 bits per heavy atom. The van der Waals surface area contributed by atoms with Crippen molar-refractivity contribution in [2.45, 2.75) is 10.1 Å². The van der Waals surface area contributed by atoms with Gasteiger partial charge in [-0.05, 0) is 30.3 Å². The summed E-state index contributed by atoms with van der Waals surface area (Å²) >= 11 is 3.12. The zero-order chi connectivity index (χ0) is 18.1. The van der Waals surface area contributed by atoms with Crippen LogP contribution in [0.2, 0.25) is 0 Å². The van der Waals surface area contributed by atoms with Crippen LogP contribution in [0.15, 0.2) is 51.6 Å². The lowest BCUT2D eigenvalue weighted by molar-refractivity contribution is 0.0601. The highest BCUT2D eigenvalue weighted by Gasteiger charge is 2.11. The molecular formula is C18H13N3O3S2. The van der Waals surface area contributed by atoms with Gasteiger partial charge in [0.1, 0.15) is 5.82 Å². The van der Waals surface area contributed by atoms with Crippen LogP contribution in [0.3, 0.4) is 0 Å². The van der Waals surface area contributed by atoms with Gasteiger partial charge < -0.3 is 9.72 Å². The van der Waals surface area contributed by atoms with Crippen LogP contribution in [-0.2, 0) is 10.5 Å². The topological polar surface area (TPSA) is 84.9 Å². The molecule has 1 N–H and O–H groups in total. The van der Waals surface area contributed by atoms with Crippen LogP contribution in [-0.4, -0.2) is 28.0 Å². The lowest BCUT2D eigenvalue weighted by Gasteiger charge is -2.04. The van der Waals surface area contributed by atoms with Gasteiger partial charge in [0.05, 0.1) is 39.5 Å². The average Bonchev–Trinajstić information content (AvgIpc) is 3.08. The molecule has 4 rings (SSSR count). The second-order valence-corrected chi connectivity index (χ2v) is 7.73. The maximum Gasteiger partial charge on any atom is 0.337 e. The van der Waals surface area contributed by atoms with Crippen LogP contribution in [0.1, 0.15) is 16.2 Å². The van der Waals surface area contributed by atoms with Crippen molar-refractivity contribution >= 4 is 50.2 Å². The third-order valence-electron chi connectivity index (χ3n) is 3.78. The Morgan fingerprint density at radius 3 is 2.85 bits per heavy atom. The van der Waals surface area contributed by atoms with E-state index >= 15 is 0 Å². The van der Waals surface area contributed by atoms with Crippen LogP contribution in [0.4, 0.5) is 0 Å². The van der Waals surface area contributed by atoms with Crippen molar-refractivity contribution in [2.75, 3.05) is 7.11 Å². The molecule has 4 aromatic rings. The van der Waals surface area contributed by atoms with Gasteiger partial charge >= 0.3 is 5.97 Å². The van der Waals surface area contributed by atoms with E-state index in [1.54, 1.807) is 29.5 Å². The van der Waals surface area contributed by atoms with E-state index < -0.39 is 5.97 Å². The molecule has 6 nitrogen and oxygen atoms in total. The highest BCUT2D eigenvalue weighted by atomic mass is 32.2. The molecule has 130 valence electrons. The van der Waals surface area contributed by atoms with Gasteiger partial charge in [0.2, 0.25) is 0 Å². The van der Waals surface area contributed by atoms with E-state index in [0.717, 1.165) is 14.6 Å². The number of aromatic amines is 1. The SMILES string of the molecule is COC(=O)c1ccc2c(=O)[nH]c(CSc3nc4ccccc4s3)nc2c1. The van der Waals surface area contributed by atoms with Crippen molar-refractivity contribution in [2.24, 2.45) is 0 Å². The fraction of sp³-hybridized carbons (Fsp3) is 0.111. The predicted molar refractivity (Wildman–Crippen MR) is 103 cm³/mol. The van der Waals surface area contributed by atoms with E-state index in [0.29, 0.717) is 28.0 Å². The number of nitrogens with one attached hydrogen (secondary N) is 1. The first-order valence-electron chi connectivity index (χ1n) is 7.74. The van der Waals surface area contributed by atoms with Crippen molar-refractivity contribution in [3.63, 3.8) is 0 Å². The first-order valence-corrected chi connectivity index (χ1v) is 9.54. The zero-order valence-electron chi connectivity index (χ0n) is 13.7. The molecular weight excluding hydrogens is 370 g/mol. The van der Waals surface area contributed by atoms with Gasteiger partial charge in [-0.25, -0.2) is 14.8 Å². The molecule has 0 spiro atoms. The monoisotopic (exact) mass is 383 g/mol. The van der Waals surface area contributed by atoms with Gasteiger partial charge in [-0.2, -0.15) is 0 Å². The van der Waals surface area contributed by atoms with Gasteiger partial charge in [0, 0.05) is 0 Å². The molecule has 0 unspecified atom stereocenters. The highest BCUT2D eigenvalue weighted by molar-refractivity contribution is 8.00. The molecule has 2 heterocycles. The van der Waals surface area contributed by atoms with Crippen LogP contribution in [0, 0.1) is 0 Å². The van der Waals surface area contributed by atoms with E-state index in [4.69, 9.17) is 4.74 Å². The summed E-state index contributed by atoms with van der Waals surface area (Å²) in [6, 6.07) is 12.6. The number of hydrogen-bond donors (Lipinski definition) is 1. The van der Waals surface area contributed by atoms with Gasteiger partial charge in [0.25, 0.3) is 5.56 Å². The first kappa shape index (κ1) is 16.7. The van der Waals surface area contributed by atoms with E-state index in [1.807, 2.05) is 24.3 Å². The minimum absolute atomic E-state index is 0.230. The molecule has 0 aliphatic heterocycles. The Labute approximate surface area is 156 Å². The molecule has 8 heteroatoms. The van der Waals surface area contributed by atoms with Crippen molar-refractivity contribution < 1.29 is 9.53 Å². The van der Waals surface area contributed by atoms with E-state index in [-0.39, 0.29) is 5.56 Å². The summed E-state index contributed by atoms with van der Waals surface area (Å²) < 4.78 is 6.75. The number of fused-ring (bicyclic) bond motifs is 2. The van der Waals surface area contributed by atoms with Gasteiger partial charge in [-0.3, -0.25) is 4.79 Å². The molecule has 2 aromatic heterocycles. The molecule has 0 bridgehead atoms. The average molecular weight is 383 g/mol. The highest BCUT2D eigenvalue weighted by Crippen LogP contribution is 2.30. The Bertz CT molecular complexity index is 1150.